The Morgan fingerprint density at radius 3 is 2.42 bits per heavy atom. The Hall–Kier alpha value is -4.56. The standard InChI is InChI=1S/C32H31N3O5/c1-21(37)29-19-34(15-14-22-8-4-3-5-9-22)30(33-29)27-13-12-24(32(39)40-2)17-28(27)31(38)35-18-25-11-7-6-10-23(25)16-26(35)20-36/h3-13,17,19,26,36H,14-16,18,20H2,1-2H3/t26-/m0/s1. The molecule has 0 radical (unpaired) electrons. The highest BCUT2D eigenvalue weighted by Gasteiger charge is 2.32. The highest BCUT2D eigenvalue weighted by molar-refractivity contribution is 6.03. The molecule has 0 aliphatic carbocycles. The number of aromatic nitrogens is 2. The molecule has 0 spiro atoms. The zero-order chi connectivity index (χ0) is 28.2. The SMILES string of the molecule is COC(=O)c1ccc(-c2nc(C(C)=O)cn2CCc2ccccc2)c(C(=O)N2Cc3ccccc3C[C@H]2CO)c1. The van der Waals surface area contributed by atoms with Crippen LogP contribution in [0.4, 0.5) is 0 Å². The van der Waals surface area contributed by atoms with Gasteiger partial charge in [0.05, 0.1) is 30.9 Å². The van der Waals surface area contributed by atoms with Gasteiger partial charge in [0.2, 0.25) is 0 Å². The number of benzene rings is 3. The maximum Gasteiger partial charge on any atom is 0.337 e. The van der Waals surface area contributed by atoms with Gasteiger partial charge in [0.1, 0.15) is 11.5 Å². The van der Waals surface area contributed by atoms with Crippen molar-refractivity contribution in [2.45, 2.75) is 38.9 Å². The molecule has 5 rings (SSSR count). The summed E-state index contributed by atoms with van der Waals surface area (Å²) in [5.74, 6) is -0.637. The van der Waals surface area contributed by atoms with E-state index in [0.717, 1.165) is 16.7 Å². The highest BCUT2D eigenvalue weighted by atomic mass is 16.5. The first-order valence-electron chi connectivity index (χ1n) is 13.2. The van der Waals surface area contributed by atoms with Gasteiger partial charge in [-0.1, -0.05) is 54.6 Å². The van der Waals surface area contributed by atoms with E-state index in [0.29, 0.717) is 43.0 Å². The fourth-order valence-electron chi connectivity index (χ4n) is 5.17. The largest absolute Gasteiger partial charge is 0.465 e. The number of hydrogen-bond donors (Lipinski definition) is 1. The Labute approximate surface area is 232 Å². The Morgan fingerprint density at radius 2 is 1.73 bits per heavy atom. The van der Waals surface area contributed by atoms with E-state index in [-0.39, 0.29) is 29.4 Å². The molecule has 1 aromatic heterocycles. The summed E-state index contributed by atoms with van der Waals surface area (Å²) in [6.07, 6.45) is 2.92. The van der Waals surface area contributed by atoms with Gasteiger partial charge in [-0.05, 0) is 47.7 Å². The maximum atomic E-state index is 14.2. The molecule has 0 saturated heterocycles. The number of Topliss-reactive ketones (excluding diaryl/α,β-unsaturated/α-hetero) is 1. The molecular formula is C32H31N3O5. The molecular weight excluding hydrogens is 506 g/mol. The number of hydrogen-bond acceptors (Lipinski definition) is 6. The molecule has 204 valence electrons. The smallest absolute Gasteiger partial charge is 0.337 e. The topological polar surface area (TPSA) is 102 Å². The number of imidazole rings is 1. The van der Waals surface area contributed by atoms with Crippen molar-refractivity contribution in [3.8, 4) is 11.4 Å². The molecule has 0 bridgehead atoms. The summed E-state index contributed by atoms with van der Waals surface area (Å²) in [5.41, 5.74) is 4.49. The van der Waals surface area contributed by atoms with E-state index < -0.39 is 12.0 Å². The average molecular weight is 538 g/mol. The van der Waals surface area contributed by atoms with Crippen LogP contribution in [-0.4, -0.2) is 57.0 Å². The predicted molar refractivity (Wildman–Crippen MR) is 150 cm³/mol. The summed E-state index contributed by atoms with van der Waals surface area (Å²) in [6, 6.07) is 22.2. The monoisotopic (exact) mass is 537 g/mol. The van der Waals surface area contributed by atoms with Gasteiger partial charge in [-0.15, -0.1) is 0 Å². The highest BCUT2D eigenvalue weighted by Crippen LogP contribution is 2.30. The average Bonchev–Trinajstić information content (AvgIpc) is 3.43. The van der Waals surface area contributed by atoms with Crippen molar-refractivity contribution in [3.63, 3.8) is 0 Å². The molecule has 0 fully saturated rings. The van der Waals surface area contributed by atoms with E-state index >= 15 is 0 Å². The lowest BCUT2D eigenvalue weighted by Crippen LogP contribution is -2.46. The molecule has 3 aromatic carbocycles. The number of aliphatic hydroxyl groups is 1. The normalized spacial score (nSPS) is 14.5. The van der Waals surface area contributed by atoms with Gasteiger partial charge in [0, 0.05) is 31.8 Å². The number of carbonyl (C=O) groups is 3. The fourth-order valence-corrected chi connectivity index (χ4v) is 5.17. The molecule has 1 aliphatic rings. The van der Waals surface area contributed by atoms with Crippen LogP contribution >= 0.6 is 0 Å². The predicted octanol–water partition coefficient (Wildman–Crippen LogP) is 4.34. The van der Waals surface area contributed by atoms with Gasteiger partial charge in [-0.2, -0.15) is 0 Å². The van der Waals surface area contributed by atoms with Crippen molar-refractivity contribution in [3.05, 3.63) is 113 Å². The van der Waals surface area contributed by atoms with Gasteiger partial charge < -0.3 is 19.3 Å². The molecule has 4 aromatic rings. The first kappa shape index (κ1) is 27.0. The summed E-state index contributed by atoms with van der Waals surface area (Å²) in [4.78, 5) is 45.3. The van der Waals surface area contributed by atoms with Gasteiger partial charge in [0.25, 0.3) is 5.91 Å². The number of aryl methyl sites for hydroxylation is 2. The van der Waals surface area contributed by atoms with Crippen LogP contribution in [0.1, 0.15) is 54.8 Å². The summed E-state index contributed by atoms with van der Waals surface area (Å²) in [6.45, 7) is 2.11. The molecule has 40 heavy (non-hydrogen) atoms. The van der Waals surface area contributed by atoms with Crippen LogP contribution < -0.4 is 0 Å². The van der Waals surface area contributed by atoms with Crippen LogP contribution in [0, 0.1) is 0 Å². The van der Waals surface area contributed by atoms with Crippen LogP contribution in [0.25, 0.3) is 11.4 Å². The zero-order valence-electron chi connectivity index (χ0n) is 22.5. The third kappa shape index (κ3) is 5.44. The minimum atomic E-state index is -0.569. The third-order valence-electron chi connectivity index (χ3n) is 7.36. The zero-order valence-corrected chi connectivity index (χ0v) is 22.5. The van der Waals surface area contributed by atoms with Crippen LogP contribution in [-0.2, 0) is 30.7 Å². The van der Waals surface area contributed by atoms with Crippen LogP contribution in [0.3, 0.4) is 0 Å². The molecule has 1 aliphatic heterocycles. The van der Waals surface area contributed by atoms with E-state index in [9.17, 15) is 19.5 Å². The number of methoxy groups -OCH3 is 1. The van der Waals surface area contributed by atoms with E-state index in [1.807, 2.05) is 59.2 Å². The second-order valence-corrected chi connectivity index (χ2v) is 9.93. The van der Waals surface area contributed by atoms with E-state index in [1.165, 1.54) is 20.1 Å². The number of aliphatic hydroxyl groups excluding tert-OH is 1. The van der Waals surface area contributed by atoms with Crippen molar-refractivity contribution in [1.82, 2.24) is 14.5 Å². The first-order valence-corrected chi connectivity index (χ1v) is 13.2. The Bertz CT molecular complexity index is 1560. The summed E-state index contributed by atoms with van der Waals surface area (Å²) in [7, 11) is 1.29. The Morgan fingerprint density at radius 1 is 1.00 bits per heavy atom. The summed E-state index contributed by atoms with van der Waals surface area (Å²) in [5, 5.41) is 10.2. The molecule has 2 heterocycles. The van der Waals surface area contributed by atoms with Crippen LogP contribution in [0.2, 0.25) is 0 Å². The molecule has 0 saturated carbocycles. The summed E-state index contributed by atoms with van der Waals surface area (Å²) < 4.78 is 6.81. The third-order valence-corrected chi connectivity index (χ3v) is 7.36. The van der Waals surface area contributed by atoms with Gasteiger partial charge >= 0.3 is 5.97 Å². The molecule has 8 nitrogen and oxygen atoms in total. The molecule has 1 amide bonds. The Balaban J connectivity index is 1.59. The maximum absolute atomic E-state index is 14.2. The van der Waals surface area contributed by atoms with Crippen LogP contribution in [0.15, 0.2) is 79.0 Å². The lowest BCUT2D eigenvalue weighted by Gasteiger charge is -2.36. The van der Waals surface area contributed by atoms with Crippen molar-refractivity contribution in [1.29, 1.82) is 0 Å². The number of esters is 1. The lowest BCUT2D eigenvalue weighted by atomic mass is 9.92. The molecule has 8 heteroatoms. The number of nitrogens with zero attached hydrogens (tertiary/aromatic N) is 3. The molecule has 1 N–H and O–H groups in total. The first-order chi connectivity index (χ1) is 19.4. The number of carbonyl (C=O) groups excluding carboxylic acids is 3. The second kappa shape index (κ2) is 11.7. The van der Waals surface area contributed by atoms with Crippen molar-refractivity contribution in [2.24, 2.45) is 0 Å². The number of rotatable bonds is 8. The van der Waals surface area contributed by atoms with E-state index in [4.69, 9.17) is 4.74 Å². The Kier molecular flexibility index (Phi) is 7.89. The molecule has 1 atom stereocenters. The van der Waals surface area contributed by atoms with Crippen LogP contribution in [0.5, 0.6) is 0 Å². The number of fused-ring (bicyclic) bond motifs is 1. The molecule has 0 unspecified atom stereocenters. The van der Waals surface area contributed by atoms with Crippen molar-refractivity contribution < 1.29 is 24.2 Å². The number of amides is 1. The van der Waals surface area contributed by atoms with Crippen molar-refractivity contribution >= 4 is 17.7 Å². The van der Waals surface area contributed by atoms with Gasteiger partial charge in [0.15, 0.2) is 5.78 Å². The fraction of sp³-hybridized carbons (Fsp3) is 0.250. The quantitative estimate of drug-likeness (QED) is 0.265. The summed E-state index contributed by atoms with van der Waals surface area (Å²) >= 11 is 0. The van der Waals surface area contributed by atoms with Crippen molar-refractivity contribution in [2.75, 3.05) is 13.7 Å². The van der Waals surface area contributed by atoms with E-state index in [2.05, 4.69) is 4.98 Å². The lowest BCUT2D eigenvalue weighted by molar-refractivity contribution is 0.0544. The van der Waals surface area contributed by atoms with Gasteiger partial charge in [-0.3, -0.25) is 9.59 Å². The number of ether oxygens (including phenoxy) is 1. The minimum absolute atomic E-state index is 0.188. The van der Waals surface area contributed by atoms with Gasteiger partial charge in [-0.25, -0.2) is 9.78 Å². The van der Waals surface area contributed by atoms with E-state index in [1.54, 1.807) is 23.2 Å². The minimum Gasteiger partial charge on any atom is -0.465 e. The second-order valence-electron chi connectivity index (χ2n) is 9.93. The number of ketones is 1.